The van der Waals surface area contributed by atoms with Gasteiger partial charge in [-0.1, -0.05) is 6.08 Å². The smallest absolute Gasteiger partial charge is 0.321 e. The highest BCUT2D eigenvalue weighted by Gasteiger charge is 2.71. The van der Waals surface area contributed by atoms with Crippen LogP contribution in [0, 0.1) is 23.2 Å². The second kappa shape index (κ2) is 6.62. The Balaban J connectivity index is 1.60. The number of likely N-dealkylation sites (tertiary alicyclic amines) is 1. The molecule has 3 fully saturated rings. The summed E-state index contributed by atoms with van der Waals surface area (Å²) in [6.07, 6.45) is 7.27. The van der Waals surface area contributed by atoms with E-state index in [1.165, 1.54) is 11.8 Å². The van der Waals surface area contributed by atoms with Crippen molar-refractivity contribution in [3.63, 3.8) is 0 Å². The van der Waals surface area contributed by atoms with E-state index in [0.29, 0.717) is 5.92 Å². The van der Waals surface area contributed by atoms with Crippen LogP contribution in [0.2, 0.25) is 0 Å². The van der Waals surface area contributed by atoms with Gasteiger partial charge in [-0.15, -0.1) is 11.8 Å². The molecule has 7 atom stereocenters. The number of methoxy groups -OCH3 is 1. The summed E-state index contributed by atoms with van der Waals surface area (Å²) in [7, 11) is 3.79. The number of ether oxygens (including phenoxy) is 2. The van der Waals surface area contributed by atoms with Crippen LogP contribution in [0.4, 0.5) is 0 Å². The topological polar surface area (TPSA) is 102 Å². The maximum Gasteiger partial charge on any atom is 0.321 e. The fraction of sp³-hybridized carbons (Fsp3) is 0.619. The second-order valence-electron chi connectivity index (χ2n) is 8.76. The molecule has 5 aliphatic rings. The molecule has 0 aromatic carbocycles. The summed E-state index contributed by atoms with van der Waals surface area (Å²) in [6.45, 7) is 0.920. The van der Waals surface area contributed by atoms with Crippen molar-refractivity contribution < 1.29 is 24.2 Å². The Morgan fingerprint density at radius 3 is 3.03 bits per heavy atom. The second-order valence-corrected chi connectivity index (χ2v) is 9.85. The number of nitrogens with zero attached hydrogens (tertiary/aromatic N) is 1. The van der Waals surface area contributed by atoms with Gasteiger partial charge < -0.3 is 25.2 Å². The molecular formula is C21H26N2O5S. The first-order valence-electron chi connectivity index (χ1n) is 10.1. The van der Waals surface area contributed by atoms with E-state index in [1.54, 1.807) is 13.2 Å². The number of carboxylic acids is 1. The molecule has 2 saturated heterocycles. The van der Waals surface area contributed by atoms with E-state index in [-0.39, 0.29) is 34.8 Å². The van der Waals surface area contributed by atoms with Gasteiger partial charge in [0.05, 0.1) is 7.11 Å². The molecule has 2 unspecified atom stereocenters. The van der Waals surface area contributed by atoms with E-state index in [4.69, 9.17) is 15.2 Å². The standard InChI is InChI=1S/C21H26N2O5S/c1-23-6-5-21-16-10-3-4-14(27-2)18(16)28-19(21)13(24)8-15(17(21)12(23)7-10)29-9-11(22)20(25)26/h3-4,8,10-12,16-17,19H,5-7,9,22H2,1-2H3,(H,25,26)/t10?,11-,12+,16?,17+,19-,21+/m0/s1. The van der Waals surface area contributed by atoms with Gasteiger partial charge in [-0.25, -0.2) is 0 Å². The van der Waals surface area contributed by atoms with Crippen LogP contribution in [0.5, 0.6) is 0 Å². The van der Waals surface area contributed by atoms with Crippen molar-refractivity contribution in [3.05, 3.63) is 34.7 Å². The molecule has 0 amide bonds. The Hall–Kier alpha value is -1.77. The van der Waals surface area contributed by atoms with Crippen molar-refractivity contribution in [2.24, 2.45) is 28.9 Å². The van der Waals surface area contributed by atoms with Crippen molar-refractivity contribution >= 4 is 23.5 Å². The SMILES string of the molecule is COC1=C2O[C@H]3C(=O)C=C(SC[C@H](N)C(=O)O)[C@H]4[C@H]5CC(C=C1)C2[C@@]34CCN5C. The highest BCUT2D eigenvalue weighted by Crippen LogP contribution is 2.68. The normalized spacial score (nSPS) is 40.9. The maximum atomic E-state index is 13.2. The number of ketones is 1. The van der Waals surface area contributed by atoms with Crippen molar-refractivity contribution in [1.82, 2.24) is 4.90 Å². The number of hydrogen-bond acceptors (Lipinski definition) is 7. The first-order valence-corrected chi connectivity index (χ1v) is 11.1. The van der Waals surface area contributed by atoms with Crippen LogP contribution in [-0.2, 0) is 19.1 Å². The summed E-state index contributed by atoms with van der Waals surface area (Å²) in [4.78, 5) is 27.8. The third kappa shape index (κ3) is 2.52. The molecule has 1 saturated carbocycles. The predicted molar refractivity (Wildman–Crippen MR) is 108 cm³/mol. The number of carbonyl (C=O) groups is 2. The monoisotopic (exact) mass is 418 g/mol. The molecule has 0 radical (unpaired) electrons. The number of piperidine rings is 1. The lowest BCUT2D eigenvalue weighted by Gasteiger charge is -2.60. The molecular weight excluding hydrogens is 392 g/mol. The van der Waals surface area contributed by atoms with Gasteiger partial charge in [-0.05, 0) is 49.4 Å². The minimum Gasteiger partial charge on any atom is -0.493 e. The highest BCUT2D eigenvalue weighted by molar-refractivity contribution is 8.03. The van der Waals surface area contributed by atoms with Gasteiger partial charge in [0.25, 0.3) is 0 Å². The Kier molecular flexibility index (Phi) is 4.38. The van der Waals surface area contributed by atoms with Crippen molar-refractivity contribution in [2.75, 3.05) is 26.5 Å². The zero-order valence-corrected chi connectivity index (χ0v) is 17.4. The Morgan fingerprint density at radius 2 is 2.31 bits per heavy atom. The Bertz CT molecular complexity index is 867. The molecule has 156 valence electrons. The molecule has 1 spiro atoms. The number of allylic oxidation sites excluding steroid dienone is 3. The van der Waals surface area contributed by atoms with E-state index in [0.717, 1.165) is 35.8 Å². The van der Waals surface area contributed by atoms with Crippen LogP contribution in [-0.4, -0.2) is 66.4 Å². The van der Waals surface area contributed by atoms with Gasteiger partial charge in [0.1, 0.15) is 11.8 Å². The quantitative estimate of drug-likeness (QED) is 0.690. The third-order valence-corrected chi connectivity index (χ3v) is 8.75. The molecule has 29 heavy (non-hydrogen) atoms. The molecule has 0 aromatic rings. The molecule has 2 bridgehead atoms. The number of carboxylic acid groups (broad SMARTS) is 1. The molecule has 2 heterocycles. The number of nitrogens with two attached hydrogens (primary N) is 1. The van der Waals surface area contributed by atoms with Crippen molar-refractivity contribution in [2.45, 2.75) is 31.0 Å². The van der Waals surface area contributed by atoms with Gasteiger partial charge in [0, 0.05) is 29.0 Å². The average molecular weight is 419 g/mol. The number of rotatable bonds is 5. The van der Waals surface area contributed by atoms with E-state index >= 15 is 0 Å². The van der Waals surface area contributed by atoms with E-state index < -0.39 is 18.1 Å². The predicted octanol–water partition coefficient (Wildman–Crippen LogP) is 1.37. The first-order chi connectivity index (χ1) is 13.9. The molecule has 3 N–H and O–H groups in total. The molecule has 8 heteroatoms. The third-order valence-electron chi connectivity index (χ3n) is 7.52. The number of aliphatic carboxylic acids is 1. The molecule has 3 aliphatic carbocycles. The van der Waals surface area contributed by atoms with Crippen LogP contribution in [0.3, 0.4) is 0 Å². The summed E-state index contributed by atoms with van der Waals surface area (Å²) >= 11 is 1.43. The van der Waals surface area contributed by atoms with Gasteiger partial charge in [-0.2, -0.15) is 0 Å². The van der Waals surface area contributed by atoms with E-state index in [9.17, 15) is 14.7 Å². The minimum atomic E-state index is -1.02. The summed E-state index contributed by atoms with van der Waals surface area (Å²) in [5.41, 5.74) is 5.45. The maximum absolute atomic E-state index is 13.2. The lowest BCUT2D eigenvalue weighted by molar-refractivity contribution is -0.141. The number of carbonyl (C=O) groups excluding carboxylic acids is 1. The van der Waals surface area contributed by atoms with E-state index in [2.05, 4.69) is 18.0 Å². The zero-order valence-electron chi connectivity index (χ0n) is 16.5. The summed E-state index contributed by atoms with van der Waals surface area (Å²) in [5.74, 6) is 1.35. The van der Waals surface area contributed by atoms with Crippen molar-refractivity contribution in [3.8, 4) is 0 Å². The average Bonchev–Trinajstić information content (AvgIpc) is 3.05. The molecule has 5 rings (SSSR count). The van der Waals surface area contributed by atoms with Crippen LogP contribution in [0.15, 0.2) is 34.7 Å². The summed E-state index contributed by atoms with van der Waals surface area (Å²) in [5, 5.41) is 9.18. The molecule has 2 aliphatic heterocycles. The lowest BCUT2D eigenvalue weighted by atomic mass is 9.48. The van der Waals surface area contributed by atoms with Gasteiger partial charge in [0.2, 0.25) is 0 Å². The van der Waals surface area contributed by atoms with E-state index in [1.807, 2.05) is 6.08 Å². The number of thioether (sulfide) groups is 1. The highest BCUT2D eigenvalue weighted by atomic mass is 32.2. The summed E-state index contributed by atoms with van der Waals surface area (Å²) < 4.78 is 11.9. The Labute approximate surface area is 174 Å². The van der Waals surface area contributed by atoms with Crippen LogP contribution in [0.1, 0.15) is 12.8 Å². The lowest BCUT2D eigenvalue weighted by Crippen LogP contribution is -2.65. The number of hydrogen-bond donors (Lipinski definition) is 2. The van der Waals surface area contributed by atoms with Gasteiger partial charge in [0.15, 0.2) is 17.6 Å². The fourth-order valence-corrected chi connectivity index (χ4v) is 7.59. The zero-order chi connectivity index (χ0) is 20.5. The van der Waals surface area contributed by atoms with Crippen LogP contribution in [0.25, 0.3) is 0 Å². The largest absolute Gasteiger partial charge is 0.493 e. The Morgan fingerprint density at radius 1 is 1.52 bits per heavy atom. The minimum absolute atomic E-state index is 0.0195. The van der Waals surface area contributed by atoms with Crippen LogP contribution < -0.4 is 5.73 Å². The molecule has 7 nitrogen and oxygen atoms in total. The first kappa shape index (κ1) is 19.2. The molecule has 0 aromatic heterocycles. The summed E-state index contributed by atoms with van der Waals surface area (Å²) in [6, 6.07) is -0.662. The van der Waals surface area contributed by atoms with Gasteiger partial charge >= 0.3 is 5.97 Å². The van der Waals surface area contributed by atoms with Crippen molar-refractivity contribution in [1.29, 1.82) is 0 Å². The van der Waals surface area contributed by atoms with Crippen LogP contribution >= 0.6 is 11.8 Å². The van der Waals surface area contributed by atoms with Gasteiger partial charge in [-0.3, -0.25) is 9.59 Å². The fourth-order valence-electron chi connectivity index (χ4n) is 6.32.